The maximum Gasteiger partial charge on any atom is 0.303 e. The topological polar surface area (TPSA) is 79.5 Å². The van der Waals surface area contributed by atoms with Gasteiger partial charge in [-0.2, -0.15) is 0 Å². The first-order valence-electron chi connectivity index (χ1n) is 5.92. The monoisotopic (exact) mass is 293 g/mol. The summed E-state index contributed by atoms with van der Waals surface area (Å²) in [5.74, 6) is -1.22. The van der Waals surface area contributed by atoms with Crippen LogP contribution in [0.4, 0.5) is 5.69 Å². The number of carboxylic acids is 1. The number of nitrogens with one attached hydrogen (secondary N) is 1. The van der Waals surface area contributed by atoms with Crippen LogP contribution in [0.1, 0.15) is 22.5 Å². The molecule has 0 unspecified atom stereocenters. The number of hydrogen-bond donors (Lipinski definition) is 2. The molecule has 2 aromatic rings. The second-order valence-electron chi connectivity index (χ2n) is 4.11. The summed E-state index contributed by atoms with van der Waals surface area (Å²) in [7, 11) is 0. The first-order valence-corrected chi connectivity index (χ1v) is 6.30. The van der Waals surface area contributed by atoms with E-state index in [9.17, 15) is 9.59 Å². The van der Waals surface area contributed by atoms with E-state index in [4.69, 9.17) is 21.1 Å². The van der Waals surface area contributed by atoms with Gasteiger partial charge in [0.15, 0.2) is 11.0 Å². The van der Waals surface area contributed by atoms with Gasteiger partial charge in [-0.25, -0.2) is 0 Å². The van der Waals surface area contributed by atoms with Crippen molar-refractivity contribution in [1.82, 2.24) is 0 Å². The predicted molar refractivity (Wildman–Crippen MR) is 74.1 cm³/mol. The van der Waals surface area contributed by atoms with Gasteiger partial charge >= 0.3 is 5.97 Å². The Morgan fingerprint density at radius 1 is 1.20 bits per heavy atom. The van der Waals surface area contributed by atoms with Crippen LogP contribution in [0.5, 0.6) is 0 Å². The number of halogens is 1. The number of para-hydroxylation sites is 1. The van der Waals surface area contributed by atoms with Crippen molar-refractivity contribution in [2.45, 2.75) is 12.8 Å². The Morgan fingerprint density at radius 2 is 1.95 bits per heavy atom. The van der Waals surface area contributed by atoms with E-state index < -0.39 is 11.9 Å². The molecule has 5 nitrogen and oxygen atoms in total. The minimum Gasteiger partial charge on any atom is -0.481 e. The van der Waals surface area contributed by atoms with E-state index in [0.29, 0.717) is 12.1 Å². The van der Waals surface area contributed by atoms with Crippen molar-refractivity contribution < 1.29 is 19.1 Å². The highest BCUT2D eigenvalue weighted by atomic mass is 35.5. The molecule has 1 heterocycles. The fourth-order valence-corrected chi connectivity index (χ4v) is 1.87. The molecule has 0 bridgehead atoms. The molecular weight excluding hydrogens is 282 g/mol. The molecule has 1 aromatic heterocycles. The molecule has 1 amide bonds. The molecule has 104 valence electrons. The number of hydrogen-bond acceptors (Lipinski definition) is 3. The Kier molecular flexibility index (Phi) is 4.42. The van der Waals surface area contributed by atoms with Crippen LogP contribution in [0.15, 0.2) is 40.8 Å². The summed E-state index contributed by atoms with van der Waals surface area (Å²) in [6.07, 6.45) is 0.337. The van der Waals surface area contributed by atoms with Crippen molar-refractivity contribution in [2.24, 2.45) is 0 Å². The van der Waals surface area contributed by atoms with Gasteiger partial charge in [0.2, 0.25) is 0 Å². The van der Waals surface area contributed by atoms with Gasteiger partial charge < -0.3 is 14.8 Å². The summed E-state index contributed by atoms with van der Waals surface area (Å²) in [4.78, 5) is 22.6. The molecule has 0 aliphatic heterocycles. The average Bonchev–Trinajstić information content (AvgIpc) is 2.84. The number of carbonyl (C=O) groups excluding carboxylic acids is 1. The first kappa shape index (κ1) is 14.1. The van der Waals surface area contributed by atoms with E-state index >= 15 is 0 Å². The summed E-state index contributed by atoms with van der Waals surface area (Å²) in [5.41, 5.74) is 1.31. The maximum absolute atomic E-state index is 11.9. The normalized spacial score (nSPS) is 10.2. The molecule has 1 aromatic carbocycles. The zero-order valence-electron chi connectivity index (χ0n) is 10.4. The Balaban J connectivity index is 2.12. The third kappa shape index (κ3) is 3.61. The van der Waals surface area contributed by atoms with Crippen LogP contribution in [-0.4, -0.2) is 17.0 Å². The van der Waals surface area contributed by atoms with E-state index in [1.54, 1.807) is 24.3 Å². The van der Waals surface area contributed by atoms with E-state index in [1.807, 2.05) is 0 Å². The van der Waals surface area contributed by atoms with Crippen molar-refractivity contribution in [3.05, 3.63) is 52.9 Å². The standard InChI is InChI=1S/C14H12ClNO4/c15-12-7-6-11(20-12)14(19)16-10-4-2-1-3-9(10)5-8-13(17)18/h1-4,6-7H,5,8H2,(H,16,19)(H,17,18). The van der Waals surface area contributed by atoms with Crippen LogP contribution in [0, 0.1) is 0 Å². The number of carbonyl (C=O) groups is 2. The van der Waals surface area contributed by atoms with Gasteiger partial charge in [0, 0.05) is 12.1 Å². The molecule has 0 aliphatic rings. The molecule has 0 atom stereocenters. The van der Waals surface area contributed by atoms with Crippen molar-refractivity contribution in [2.75, 3.05) is 5.32 Å². The van der Waals surface area contributed by atoms with Crippen LogP contribution in [0.25, 0.3) is 0 Å². The first-order chi connectivity index (χ1) is 9.56. The van der Waals surface area contributed by atoms with E-state index in [-0.39, 0.29) is 17.4 Å². The van der Waals surface area contributed by atoms with Crippen LogP contribution >= 0.6 is 11.6 Å². The third-order valence-electron chi connectivity index (χ3n) is 2.67. The zero-order valence-corrected chi connectivity index (χ0v) is 11.2. The van der Waals surface area contributed by atoms with Crippen LogP contribution in [0.3, 0.4) is 0 Å². The summed E-state index contributed by atoms with van der Waals surface area (Å²) in [5, 5.41) is 11.5. The molecule has 0 saturated heterocycles. The lowest BCUT2D eigenvalue weighted by molar-refractivity contribution is -0.136. The lowest BCUT2D eigenvalue weighted by Crippen LogP contribution is -2.12. The van der Waals surface area contributed by atoms with Crippen molar-refractivity contribution in [1.29, 1.82) is 0 Å². The lowest BCUT2D eigenvalue weighted by atomic mass is 10.1. The Morgan fingerprint density at radius 3 is 2.60 bits per heavy atom. The Bertz CT molecular complexity index is 636. The summed E-state index contributed by atoms with van der Waals surface area (Å²) < 4.78 is 5.01. The molecule has 0 fully saturated rings. The number of aliphatic carboxylic acids is 1. The molecule has 0 spiro atoms. The van der Waals surface area contributed by atoms with Gasteiger partial charge in [-0.05, 0) is 41.8 Å². The van der Waals surface area contributed by atoms with Gasteiger partial charge in [0.1, 0.15) is 0 Å². The van der Waals surface area contributed by atoms with Crippen molar-refractivity contribution >= 4 is 29.2 Å². The fourth-order valence-electron chi connectivity index (χ4n) is 1.72. The molecule has 0 aliphatic carbocycles. The number of benzene rings is 1. The number of furan rings is 1. The van der Waals surface area contributed by atoms with Crippen LogP contribution in [-0.2, 0) is 11.2 Å². The number of carboxylic acid groups (broad SMARTS) is 1. The predicted octanol–water partition coefficient (Wildman–Crippen LogP) is 3.20. The van der Waals surface area contributed by atoms with E-state index in [0.717, 1.165) is 5.56 Å². The van der Waals surface area contributed by atoms with E-state index in [2.05, 4.69) is 5.32 Å². The number of amides is 1. The quantitative estimate of drug-likeness (QED) is 0.887. The highest BCUT2D eigenvalue weighted by Crippen LogP contribution is 2.19. The fraction of sp³-hybridized carbons (Fsp3) is 0.143. The maximum atomic E-state index is 11.9. The molecule has 6 heteroatoms. The second-order valence-corrected chi connectivity index (χ2v) is 4.48. The number of rotatable bonds is 5. The Labute approximate surface area is 120 Å². The molecule has 0 radical (unpaired) electrons. The Hall–Kier alpha value is -2.27. The SMILES string of the molecule is O=C(O)CCc1ccccc1NC(=O)c1ccc(Cl)o1. The second kappa shape index (κ2) is 6.25. The average molecular weight is 294 g/mol. The van der Waals surface area contributed by atoms with Gasteiger partial charge in [-0.15, -0.1) is 0 Å². The number of aryl methyl sites for hydroxylation is 1. The minimum absolute atomic E-state index is 0.000532. The molecular formula is C14H12ClNO4. The lowest BCUT2D eigenvalue weighted by Gasteiger charge is -2.09. The molecule has 20 heavy (non-hydrogen) atoms. The summed E-state index contributed by atoms with van der Waals surface area (Å²) in [6, 6.07) is 9.98. The summed E-state index contributed by atoms with van der Waals surface area (Å²) in [6.45, 7) is 0. The van der Waals surface area contributed by atoms with Crippen molar-refractivity contribution in [3.63, 3.8) is 0 Å². The zero-order chi connectivity index (χ0) is 14.5. The van der Waals surface area contributed by atoms with Crippen LogP contribution in [0.2, 0.25) is 5.22 Å². The van der Waals surface area contributed by atoms with E-state index in [1.165, 1.54) is 12.1 Å². The van der Waals surface area contributed by atoms with Gasteiger partial charge in [0.05, 0.1) is 0 Å². The highest BCUT2D eigenvalue weighted by Gasteiger charge is 2.13. The smallest absolute Gasteiger partial charge is 0.303 e. The largest absolute Gasteiger partial charge is 0.481 e. The van der Waals surface area contributed by atoms with Crippen LogP contribution < -0.4 is 5.32 Å². The molecule has 2 N–H and O–H groups in total. The number of anilines is 1. The summed E-state index contributed by atoms with van der Waals surface area (Å²) >= 11 is 5.61. The van der Waals surface area contributed by atoms with Crippen molar-refractivity contribution in [3.8, 4) is 0 Å². The molecule has 2 rings (SSSR count). The minimum atomic E-state index is -0.885. The highest BCUT2D eigenvalue weighted by molar-refractivity contribution is 6.29. The van der Waals surface area contributed by atoms with Gasteiger partial charge in [-0.1, -0.05) is 18.2 Å². The molecule has 0 saturated carbocycles. The van der Waals surface area contributed by atoms with Gasteiger partial charge in [0.25, 0.3) is 5.91 Å². The third-order valence-corrected chi connectivity index (χ3v) is 2.87. The van der Waals surface area contributed by atoms with Gasteiger partial charge in [-0.3, -0.25) is 9.59 Å².